The van der Waals surface area contributed by atoms with Crippen LogP contribution in [0.5, 0.6) is 0 Å². The molecule has 0 atom stereocenters. The van der Waals surface area contributed by atoms with E-state index < -0.39 is 0 Å². The van der Waals surface area contributed by atoms with E-state index in [4.69, 9.17) is 4.74 Å². The van der Waals surface area contributed by atoms with E-state index in [-0.39, 0.29) is 0 Å². The van der Waals surface area contributed by atoms with Crippen LogP contribution in [-0.4, -0.2) is 23.9 Å². The van der Waals surface area contributed by atoms with Gasteiger partial charge in [-0.05, 0) is 6.92 Å². The van der Waals surface area contributed by atoms with Gasteiger partial charge in [0.1, 0.15) is 5.82 Å². The van der Waals surface area contributed by atoms with Crippen molar-refractivity contribution in [3.8, 4) is 0 Å². The maximum atomic E-state index is 5.07. The Bertz CT molecular complexity index is 268. The van der Waals surface area contributed by atoms with Crippen LogP contribution in [-0.2, 0) is 18.4 Å². The number of rotatable bonds is 3. The third-order valence-corrected chi connectivity index (χ3v) is 1.87. The van der Waals surface area contributed by atoms with Crippen molar-refractivity contribution in [2.75, 3.05) is 19.5 Å². The van der Waals surface area contributed by atoms with E-state index in [9.17, 15) is 0 Å². The highest BCUT2D eigenvalue weighted by Gasteiger charge is 2.10. The monoisotopic (exact) mass is 169 g/mol. The Balaban J connectivity index is 3.04. The summed E-state index contributed by atoms with van der Waals surface area (Å²) >= 11 is 0. The topological polar surface area (TPSA) is 39.1 Å². The number of anilines is 1. The Labute approximate surface area is 72.5 Å². The third kappa shape index (κ3) is 1.43. The predicted octanol–water partition coefficient (Wildman–Crippen LogP) is 0.917. The summed E-state index contributed by atoms with van der Waals surface area (Å²) in [5, 5.41) is 7.36. The zero-order chi connectivity index (χ0) is 9.14. The van der Waals surface area contributed by atoms with Crippen molar-refractivity contribution in [3.63, 3.8) is 0 Å². The Hall–Kier alpha value is -1.03. The van der Waals surface area contributed by atoms with Crippen molar-refractivity contribution in [2.24, 2.45) is 7.05 Å². The first-order valence-electron chi connectivity index (χ1n) is 3.89. The van der Waals surface area contributed by atoms with E-state index in [1.54, 1.807) is 7.11 Å². The molecule has 0 radical (unpaired) electrons. The molecule has 4 heteroatoms. The Kier molecular flexibility index (Phi) is 2.70. The molecule has 0 unspecified atom stereocenters. The normalized spacial score (nSPS) is 10.3. The van der Waals surface area contributed by atoms with Gasteiger partial charge >= 0.3 is 0 Å². The van der Waals surface area contributed by atoms with Crippen LogP contribution in [0.3, 0.4) is 0 Å². The van der Waals surface area contributed by atoms with E-state index in [0.717, 1.165) is 17.1 Å². The van der Waals surface area contributed by atoms with Crippen LogP contribution in [0.4, 0.5) is 5.82 Å². The van der Waals surface area contributed by atoms with Gasteiger partial charge in [0.15, 0.2) is 0 Å². The maximum Gasteiger partial charge on any atom is 0.129 e. The minimum atomic E-state index is 0.607. The fraction of sp³-hybridized carbons (Fsp3) is 0.625. The van der Waals surface area contributed by atoms with Crippen LogP contribution in [0.15, 0.2) is 0 Å². The molecule has 0 fully saturated rings. The Morgan fingerprint density at radius 3 is 2.75 bits per heavy atom. The van der Waals surface area contributed by atoms with Gasteiger partial charge in [0, 0.05) is 26.8 Å². The fourth-order valence-electron chi connectivity index (χ4n) is 1.33. The van der Waals surface area contributed by atoms with Crippen molar-refractivity contribution >= 4 is 5.82 Å². The summed E-state index contributed by atoms with van der Waals surface area (Å²) in [4.78, 5) is 0. The molecule has 0 aromatic carbocycles. The molecule has 0 spiro atoms. The predicted molar refractivity (Wildman–Crippen MR) is 48.2 cm³/mol. The van der Waals surface area contributed by atoms with Crippen molar-refractivity contribution < 1.29 is 4.74 Å². The molecule has 0 aliphatic carbocycles. The number of hydrogen-bond donors (Lipinski definition) is 1. The standard InChI is InChI=1S/C8H15N3O/c1-6-7(5-12-4)8(9-2)11(3)10-6/h9H,5H2,1-4H3. The molecule has 0 saturated heterocycles. The van der Waals surface area contributed by atoms with Crippen LogP contribution in [0.1, 0.15) is 11.3 Å². The lowest BCUT2D eigenvalue weighted by atomic mass is 10.2. The van der Waals surface area contributed by atoms with Crippen LogP contribution in [0.2, 0.25) is 0 Å². The lowest BCUT2D eigenvalue weighted by Crippen LogP contribution is -2.01. The molecule has 4 nitrogen and oxygen atoms in total. The molecule has 1 N–H and O–H groups in total. The van der Waals surface area contributed by atoms with Crippen LogP contribution in [0.25, 0.3) is 0 Å². The van der Waals surface area contributed by atoms with E-state index in [1.165, 1.54) is 0 Å². The summed E-state index contributed by atoms with van der Waals surface area (Å²) < 4.78 is 6.89. The van der Waals surface area contributed by atoms with Gasteiger partial charge in [0.25, 0.3) is 0 Å². The molecule has 1 heterocycles. The van der Waals surface area contributed by atoms with Crippen molar-refractivity contribution in [3.05, 3.63) is 11.3 Å². The van der Waals surface area contributed by atoms with Gasteiger partial charge in [-0.2, -0.15) is 5.10 Å². The highest BCUT2D eigenvalue weighted by atomic mass is 16.5. The van der Waals surface area contributed by atoms with Gasteiger partial charge in [0.05, 0.1) is 12.3 Å². The number of aryl methyl sites for hydroxylation is 2. The molecule has 0 amide bonds. The number of methoxy groups -OCH3 is 1. The highest BCUT2D eigenvalue weighted by Crippen LogP contribution is 2.18. The van der Waals surface area contributed by atoms with Gasteiger partial charge in [-0.15, -0.1) is 0 Å². The largest absolute Gasteiger partial charge is 0.380 e. The summed E-state index contributed by atoms with van der Waals surface area (Å²) in [6, 6.07) is 0. The van der Waals surface area contributed by atoms with Crippen molar-refractivity contribution in [1.29, 1.82) is 0 Å². The SMILES string of the molecule is CNc1c(COC)c(C)nn1C. The lowest BCUT2D eigenvalue weighted by Gasteiger charge is -2.03. The van der Waals surface area contributed by atoms with Gasteiger partial charge in [-0.1, -0.05) is 0 Å². The van der Waals surface area contributed by atoms with Gasteiger partial charge < -0.3 is 10.1 Å². The summed E-state index contributed by atoms with van der Waals surface area (Å²) in [7, 11) is 5.49. The summed E-state index contributed by atoms with van der Waals surface area (Å²) in [5.74, 6) is 1.02. The second kappa shape index (κ2) is 3.58. The summed E-state index contributed by atoms with van der Waals surface area (Å²) in [6.45, 7) is 2.59. The molecule has 0 bridgehead atoms. The molecule has 1 aromatic heterocycles. The first-order valence-corrected chi connectivity index (χ1v) is 3.89. The smallest absolute Gasteiger partial charge is 0.129 e. The van der Waals surface area contributed by atoms with E-state index in [2.05, 4.69) is 10.4 Å². The highest BCUT2D eigenvalue weighted by molar-refractivity contribution is 5.46. The van der Waals surface area contributed by atoms with Crippen LogP contribution >= 0.6 is 0 Å². The van der Waals surface area contributed by atoms with Gasteiger partial charge in [0.2, 0.25) is 0 Å². The first-order chi connectivity index (χ1) is 5.70. The van der Waals surface area contributed by atoms with Crippen molar-refractivity contribution in [2.45, 2.75) is 13.5 Å². The number of ether oxygens (including phenoxy) is 1. The molecule has 0 saturated carbocycles. The van der Waals surface area contributed by atoms with Crippen molar-refractivity contribution in [1.82, 2.24) is 9.78 Å². The average molecular weight is 169 g/mol. The third-order valence-electron chi connectivity index (χ3n) is 1.87. The number of nitrogens with zero attached hydrogens (tertiary/aromatic N) is 2. The van der Waals surface area contributed by atoms with Gasteiger partial charge in [-0.25, -0.2) is 0 Å². The van der Waals surface area contributed by atoms with E-state index >= 15 is 0 Å². The molecule has 1 aromatic rings. The van der Waals surface area contributed by atoms with Crippen LogP contribution in [0, 0.1) is 6.92 Å². The molecule has 12 heavy (non-hydrogen) atoms. The minimum absolute atomic E-state index is 0.607. The van der Waals surface area contributed by atoms with Gasteiger partial charge in [-0.3, -0.25) is 4.68 Å². The summed E-state index contributed by atoms with van der Waals surface area (Å²) in [6.07, 6.45) is 0. The Morgan fingerprint density at radius 2 is 2.25 bits per heavy atom. The Morgan fingerprint density at radius 1 is 1.58 bits per heavy atom. The second-order valence-corrected chi connectivity index (χ2v) is 2.72. The maximum absolute atomic E-state index is 5.07. The molecule has 1 rings (SSSR count). The molecule has 0 aliphatic rings. The summed E-state index contributed by atoms with van der Waals surface area (Å²) in [5.41, 5.74) is 2.14. The fourth-order valence-corrected chi connectivity index (χ4v) is 1.33. The molecule has 0 aliphatic heterocycles. The molecular formula is C8H15N3O. The number of aromatic nitrogens is 2. The quantitative estimate of drug-likeness (QED) is 0.731. The first kappa shape index (κ1) is 9.06. The zero-order valence-corrected chi connectivity index (χ0v) is 8.01. The minimum Gasteiger partial charge on any atom is -0.380 e. The molecular weight excluding hydrogens is 154 g/mol. The zero-order valence-electron chi connectivity index (χ0n) is 8.01. The second-order valence-electron chi connectivity index (χ2n) is 2.72. The number of nitrogens with one attached hydrogen (secondary N) is 1. The average Bonchev–Trinajstić information content (AvgIpc) is 2.28. The lowest BCUT2D eigenvalue weighted by molar-refractivity contribution is 0.185. The molecule has 68 valence electrons. The number of hydrogen-bond acceptors (Lipinski definition) is 3. The van der Waals surface area contributed by atoms with E-state index in [0.29, 0.717) is 6.61 Å². The van der Waals surface area contributed by atoms with Crippen LogP contribution < -0.4 is 5.32 Å². The van der Waals surface area contributed by atoms with E-state index in [1.807, 2.05) is 25.7 Å².